The van der Waals surface area contributed by atoms with Crippen LogP contribution in [-0.4, -0.2) is 27.7 Å². The number of hydrogen-bond acceptors (Lipinski definition) is 4. The van der Waals surface area contributed by atoms with Gasteiger partial charge in [-0.2, -0.15) is 0 Å². The topological polar surface area (TPSA) is 58.0 Å². The van der Waals surface area contributed by atoms with E-state index in [0.29, 0.717) is 17.5 Å². The molecular weight excluding hydrogens is 202 g/mol. The summed E-state index contributed by atoms with van der Waals surface area (Å²) < 4.78 is 0. The highest BCUT2D eigenvalue weighted by molar-refractivity contribution is 6.29. The van der Waals surface area contributed by atoms with Crippen molar-refractivity contribution in [3.63, 3.8) is 0 Å². The van der Waals surface area contributed by atoms with Gasteiger partial charge in [0.05, 0.1) is 6.10 Å². The van der Waals surface area contributed by atoms with Crippen LogP contribution in [0.2, 0.25) is 5.15 Å². The van der Waals surface area contributed by atoms with E-state index in [4.69, 9.17) is 11.6 Å². The molecule has 1 aromatic heterocycles. The molecule has 1 unspecified atom stereocenters. The van der Waals surface area contributed by atoms with E-state index in [1.165, 1.54) is 6.33 Å². The monoisotopic (exact) mass is 215 g/mol. The summed E-state index contributed by atoms with van der Waals surface area (Å²) in [5.41, 5.74) is 0. The van der Waals surface area contributed by atoms with E-state index in [2.05, 4.69) is 15.3 Å². The molecule has 0 saturated heterocycles. The molecule has 0 bridgehead atoms. The summed E-state index contributed by atoms with van der Waals surface area (Å²) in [6, 6.07) is 1.63. The summed E-state index contributed by atoms with van der Waals surface area (Å²) in [7, 11) is 0. The molecule has 14 heavy (non-hydrogen) atoms. The van der Waals surface area contributed by atoms with Crippen LogP contribution in [0.3, 0.4) is 0 Å². The first-order valence-corrected chi connectivity index (χ1v) is 4.99. The van der Waals surface area contributed by atoms with E-state index in [0.717, 1.165) is 12.8 Å². The minimum Gasteiger partial charge on any atom is -0.391 e. The van der Waals surface area contributed by atoms with Crippen molar-refractivity contribution in [3.8, 4) is 0 Å². The molecule has 0 aliphatic rings. The van der Waals surface area contributed by atoms with E-state index in [1.54, 1.807) is 6.07 Å². The second-order valence-electron chi connectivity index (χ2n) is 3.05. The standard InChI is InChI=1S/C9H14ClN3O/c1-2-3-7(14)5-11-9-4-8(10)12-6-13-9/h4,6-7,14H,2-3,5H2,1H3,(H,11,12,13). The SMILES string of the molecule is CCCC(O)CNc1cc(Cl)ncn1. The van der Waals surface area contributed by atoms with Gasteiger partial charge in [-0.05, 0) is 6.42 Å². The third-order valence-corrected chi connectivity index (χ3v) is 1.98. The smallest absolute Gasteiger partial charge is 0.134 e. The van der Waals surface area contributed by atoms with Crippen LogP contribution in [0, 0.1) is 0 Å². The molecule has 0 aliphatic carbocycles. The molecule has 0 fully saturated rings. The van der Waals surface area contributed by atoms with Crippen molar-refractivity contribution in [2.45, 2.75) is 25.9 Å². The van der Waals surface area contributed by atoms with Gasteiger partial charge in [0, 0.05) is 12.6 Å². The zero-order valence-electron chi connectivity index (χ0n) is 8.07. The molecule has 2 N–H and O–H groups in total. The van der Waals surface area contributed by atoms with Crippen LogP contribution in [0.1, 0.15) is 19.8 Å². The number of aromatic nitrogens is 2. The van der Waals surface area contributed by atoms with Gasteiger partial charge in [-0.1, -0.05) is 24.9 Å². The lowest BCUT2D eigenvalue weighted by molar-refractivity contribution is 0.176. The third kappa shape index (κ3) is 3.89. The summed E-state index contributed by atoms with van der Waals surface area (Å²) in [5.74, 6) is 0.639. The first kappa shape index (κ1) is 11.2. The summed E-state index contributed by atoms with van der Waals surface area (Å²) in [6.07, 6.45) is 2.80. The minimum absolute atomic E-state index is 0.339. The van der Waals surface area contributed by atoms with Gasteiger partial charge in [-0.25, -0.2) is 9.97 Å². The molecule has 0 aliphatic heterocycles. The Morgan fingerprint density at radius 1 is 1.57 bits per heavy atom. The Balaban J connectivity index is 2.37. The number of halogens is 1. The number of nitrogens with zero attached hydrogens (tertiary/aromatic N) is 2. The summed E-state index contributed by atoms with van der Waals surface area (Å²) in [5, 5.41) is 12.8. The third-order valence-electron chi connectivity index (χ3n) is 1.77. The normalized spacial score (nSPS) is 12.5. The van der Waals surface area contributed by atoms with Gasteiger partial charge in [-0.15, -0.1) is 0 Å². The van der Waals surface area contributed by atoms with Crippen molar-refractivity contribution in [1.82, 2.24) is 9.97 Å². The Labute approximate surface area is 88.3 Å². The van der Waals surface area contributed by atoms with E-state index >= 15 is 0 Å². The first-order chi connectivity index (χ1) is 6.72. The molecule has 1 heterocycles. The highest BCUT2D eigenvalue weighted by Crippen LogP contribution is 2.08. The van der Waals surface area contributed by atoms with Gasteiger partial charge in [0.2, 0.25) is 0 Å². The van der Waals surface area contributed by atoms with Crippen LogP contribution in [0.4, 0.5) is 5.82 Å². The number of nitrogens with one attached hydrogen (secondary N) is 1. The van der Waals surface area contributed by atoms with Crippen LogP contribution in [0.15, 0.2) is 12.4 Å². The maximum absolute atomic E-state index is 9.44. The molecule has 0 spiro atoms. The van der Waals surface area contributed by atoms with Gasteiger partial charge in [0.25, 0.3) is 0 Å². The molecule has 5 heteroatoms. The Kier molecular flexibility index (Phi) is 4.62. The molecule has 78 valence electrons. The van der Waals surface area contributed by atoms with Gasteiger partial charge in [0.1, 0.15) is 17.3 Å². The van der Waals surface area contributed by atoms with E-state index in [1.807, 2.05) is 6.92 Å². The predicted octanol–water partition coefficient (Wildman–Crippen LogP) is 1.70. The molecule has 1 aromatic rings. The molecule has 0 aromatic carbocycles. The highest BCUT2D eigenvalue weighted by Gasteiger charge is 2.02. The average molecular weight is 216 g/mol. The van der Waals surface area contributed by atoms with E-state index < -0.39 is 0 Å². The minimum atomic E-state index is -0.339. The Bertz CT molecular complexity index is 283. The molecule has 0 radical (unpaired) electrons. The van der Waals surface area contributed by atoms with Crippen LogP contribution >= 0.6 is 11.6 Å². The first-order valence-electron chi connectivity index (χ1n) is 4.62. The van der Waals surface area contributed by atoms with E-state index in [9.17, 15) is 5.11 Å². The Hall–Kier alpha value is -0.870. The number of anilines is 1. The zero-order valence-corrected chi connectivity index (χ0v) is 8.83. The fourth-order valence-electron chi connectivity index (χ4n) is 1.09. The zero-order chi connectivity index (χ0) is 10.4. The summed E-state index contributed by atoms with van der Waals surface area (Å²) >= 11 is 5.67. The van der Waals surface area contributed by atoms with Crippen molar-refractivity contribution >= 4 is 17.4 Å². The molecule has 1 atom stereocenters. The van der Waals surface area contributed by atoms with Crippen molar-refractivity contribution in [1.29, 1.82) is 0 Å². The fraction of sp³-hybridized carbons (Fsp3) is 0.556. The van der Waals surface area contributed by atoms with Crippen molar-refractivity contribution in [2.24, 2.45) is 0 Å². The maximum atomic E-state index is 9.44. The van der Waals surface area contributed by atoms with Gasteiger partial charge in [-0.3, -0.25) is 0 Å². The van der Waals surface area contributed by atoms with Crippen molar-refractivity contribution in [2.75, 3.05) is 11.9 Å². The lowest BCUT2D eigenvalue weighted by Gasteiger charge is -2.10. The molecule has 1 rings (SSSR count). The number of aliphatic hydroxyl groups excluding tert-OH is 1. The van der Waals surface area contributed by atoms with Crippen LogP contribution in [-0.2, 0) is 0 Å². The molecule has 0 saturated carbocycles. The summed E-state index contributed by atoms with van der Waals surface area (Å²) in [6.45, 7) is 2.52. The van der Waals surface area contributed by atoms with Crippen molar-refractivity contribution < 1.29 is 5.11 Å². The molecule has 4 nitrogen and oxygen atoms in total. The van der Waals surface area contributed by atoms with Crippen LogP contribution < -0.4 is 5.32 Å². The lowest BCUT2D eigenvalue weighted by Crippen LogP contribution is -2.19. The number of rotatable bonds is 5. The molecular formula is C9H14ClN3O. The predicted molar refractivity (Wildman–Crippen MR) is 56.4 cm³/mol. The highest BCUT2D eigenvalue weighted by atomic mass is 35.5. The maximum Gasteiger partial charge on any atom is 0.134 e. The van der Waals surface area contributed by atoms with Gasteiger partial charge >= 0.3 is 0 Å². The van der Waals surface area contributed by atoms with Crippen LogP contribution in [0.5, 0.6) is 0 Å². The van der Waals surface area contributed by atoms with Gasteiger partial charge < -0.3 is 10.4 Å². The number of hydrogen-bond donors (Lipinski definition) is 2. The van der Waals surface area contributed by atoms with Crippen LogP contribution in [0.25, 0.3) is 0 Å². The average Bonchev–Trinajstić information content (AvgIpc) is 2.15. The quantitative estimate of drug-likeness (QED) is 0.735. The second-order valence-corrected chi connectivity index (χ2v) is 3.44. The lowest BCUT2D eigenvalue weighted by atomic mass is 10.2. The second kappa shape index (κ2) is 5.78. The Morgan fingerprint density at radius 3 is 3.00 bits per heavy atom. The number of aliphatic hydroxyl groups is 1. The van der Waals surface area contributed by atoms with Gasteiger partial charge in [0.15, 0.2) is 0 Å². The summed E-state index contributed by atoms with van der Waals surface area (Å²) in [4.78, 5) is 7.71. The largest absolute Gasteiger partial charge is 0.391 e. The van der Waals surface area contributed by atoms with Crippen molar-refractivity contribution in [3.05, 3.63) is 17.5 Å². The molecule has 0 amide bonds. The Morgan fingerprint density at radius 2 is 2.36 bits per heavy atom. The fourth-order valence-corrected chi connectivity index (χ4v) is 1.23. The van der Waals surface area contributed by atoms with E-state index in [-0.39, 0.29) is 6.10 Å².